The molecule has 0 saturated carbocycles. The number of nitrogens with one attached hydrogen (secondary N) is 1. The van der Waals surface area contributed by atoms with Gasteiger partial charge >= 0.3 is 0 Å². The van der Waals surface area contributed by atoms with Crippen LogP contribution in [-0.4, -0.2) is 44.0 Å². The van der Waals surface area contributed by atoms with E-state index >= 15 is 0 Å². The Bertz CT molecular complexity index is 273. The van der Waals surface area contributed by atoms with Crippen LogP contribution in [0.3, 0.4) is 0 Å². The van der Waals surface area contributed by atoms with Crippen LogP contribution in [0.25, 0.3) is 0 Å². The van der Waals surface area contributed by atoms with Gasteiger partial charge in [0.25, 0.3) is 0 Å². The van der Waals surface area contributed by atoms with Crippen molar-refractivity contribution < 1.29 is 13.2 Å². The molecule has 0 atom stereocenters. The van der Waals surface area contributed by atoms with Crippen molar-refractivity contribution >= 4 is 15.9 Å². The monoisotopic (exact) mass is 192 g/mol. The van der Waals surface area contributed by atoms with Gasteiger partial charge in [0, 0.05) is 13.1 Å². The zero-order valence-corrected chi connectivity index (χ0v) is 7.73. The normalized spacial score (nSPS) is 20.6. The smallest absolute Gasteiger partial charge is 0.235 e. The SMILES string of the molecule is CCS(=O)(=O)N1CCNC(=O)C1. The molecule has 1 amide bonds. The second-order valence-electron chi connectivity index (χ2n) is 2.58. The van der Waals surface area contributed by atoms with Crippen molar-refractivity contribution in [2.45, 2.75) is 6.92 Å². The Morgan fingerprint density at radius 3 is 2.75 bits per heavy atom. The van der Waals surface area contributed by atoms with Crippen molar-refractivity contribution in [1.82, 2.24) is 9.62 Å². The van der Waals surface area contributed by atoms with E-state index in [4.69, 9.17) is 0 Å². The maximum atomic E-state index is 11.2. The summed E-state index contributed by atoms with van der Waals surface area (Å²) in [5.74, 6) is -0.168. The molecule has 0 spiro atoms. The third kappa shape index (κ3) is 1.95. The lowest BCUT2D eigenvalue weighted by molar-refractivity contribution is -0.122. The van der Waals surface area contributed by atoms with E-state index in [1.54, 1.807) is 6.92 Å². The van der Waals surface area contributed by atoms with Crippen molar-refractivity contribution in [2.24, 2.45) is 0 Å². The number of piperazine rings is 1. The summed E-state index contributed by atoms with van der Waals surface area (Å²) >= 11 is 0. The van der Waals surface area contributed by atoms with E-state index in [0.29, 0.717) is 13.1 Å². The van der Waals surface area contributed by atoms with Crippen LogP contribution in [0.5, 0.6) is 0 Å². The van der Waals surface area contributed by atoms with Gasteiger partial charge in [-0.3, -0.25) is 4.79 Å². The van der Waals surface area contributed by atoms with Gasteiger partial charge in [-0.2, -0.15) is 4.31 Å². The van der Waals surface area contributed by atoms with Gasteiger partial charge in [-0.25, -0.2) is 8.42 Å². The van der Waals surface area contributed by atoms with Crippen LogP contribution in [0.4, 0.5) is 0 Å². The lowest BCUT2D eigenvalue weighted by Gasteiger charge is -2.25. The van der Waals surface area contributed by atoms with E-state index in [1.165, 1.54) is 4.31 Å². The first-order valence-electron chi connectivity index (χ1n) is 3.81. The Balaban J connectivity index is 2.70. The molecule has 1 saturated heterocycles. The summed E-state index contributed by atoms with van der Waals surface area (Å²) in [4.78, 5) is 10.8. The van der Waals surface area contributed by atoms with Crippen molar-refractivity contribution in [2.75, 3.05) is 25.4 Å². The zero-order valence-electron chi connectivity index (χ0n) is 6.91. The fraction of sp³-hybridized carbons (Fsp3) is 0.833. The summed E-state index contributed by atoms with van der Waals surface area (Å²) in [6.07, 6.45) is 0. The molecule has 1 aliphatic heterocycles. The third-order valence-electron chi connectivity index (χ3n) is 1.76. The molecule has 0 bridgehead atoms. The van der Waals surface area contributed by atoms with E-state index in [1.807, 2.05) is 0 Å². The van der Waals surface area contributed by atoms with E-state index in [2.05, 4.69) is 5.32 Å². The number of hydrogen-bond acceptors (Lipinski definition) is 3. The molecule has 0 aliphatic carbocycles. The van der Waals surface area contributed by atoms with Crippen LogP contribution >= 0.6 is 0 Å². The number of sulfonamides is 1. The quantitative estimate of drug-likeness (QED) is 0.595. The average Bonchev–Trinajstić information content (AvgIpc) is 2.05. The first kappa shape index (κ1) is 9.47. The molecule has 5 nitrogen and oxygen atoms in total. The highest BCUT2D eigenvalue weighted by atomic mass is 32.2. The Labute approximate surface area is 71.8 Å². The van der Waals surface area contributed by atoms with Gasteiger partial charge in [-0.1, -0.05) is 0 Å². The third-order valence-corrected chi connectivity index (χ3v) is 3.59. The molecule has 6 heteroatoms. The molecule has 70 valence electrons. The van der Waals surface area contributed by atoms with E-state index in [-0.39, 0.29) is 18.2 Å². The summed E-state index contributed by atoms with van der Waals surface area (Å²) < 4.78 is 23.7. The lowest BCUT2D eigenvalue weighted by Crippen LogP contribution is -2.50. The largest absolute Gasteiger partial charge is 0.354 e. The predicted octanol–water partition coefficient (Wildman–Crippen LogP) is -1.23. The van der Waals surface area contributed by atoms with Crippen LogP contribution in [0.15, 0.2) is 0 Å². The molecule has 1 heterocycles. The molecule has 1 rings (SSSR count). The van der Waals surface area contributed by atoms with Crippen molar-refractivity contribution in [3.05, 3.63) is 0 Å². The Morgan fingerprint density at radius 2 is 2.25 bits per heavy atom. The minimum absolute atomic E-state index is 0.0316. The van der Waals surface area contributed by atoms with Gasteiger partial charge in [0.15, 0.2) is 0 Å². The van der Waals surface area contributed by atoms with Gasteiger partial charge in [0.2, 0.25) is 15.9 Å². The first-order chi connectivity index (χ1) is 5.56. The molecule has 0 unspecified atom stereocenters. The fourth-order valence-corrected chi connectivity index (χ4v) is 2.08. The molecule has 12 heavy (non-hydrogen) atoms. The van der Waals surface area contributed by atoms with Gasteiger partial charge in [0.1, 0.15) is 0 Å². The minimum atomic E-state index is -3.18. The van der Waals surface area contributed by atoms with Gasteiger partial charge in [0.05, 0.1) is 12.3 Å². The molecule has 1 fully saturated rings. The topological polar surface area (TPSA) is 66.5 Å². The Kier molecular flexibility index (Phi) is 2.69. The Hall–Kier alpha value is -0.620. The lowest BCUT2D eigenvalue weighted by atomic mass is 10.4. The van der Waals surface area contributed by atoms with Gasteiger partial charge < -0.3 is 5.32 Å². The molecule has 0 radical (unpaired) electrons. The number of amides is 1. The van der Waals surface area contributed by atoms with Crippen LogP contribution < -0.4 is 5.32 Å². The maximum absolute atomic E-state index is 11.2. The van der Waals surface area contributed by atoms with E-state index < -0.39 is 10.0 Å². The average molecular weight is 192 g/mol. The molecule has 0 aromatic heterocycles. The van der Waals surface area contributed by atoms with Crippen LogP contribution in [0.2, 0.25) is 0 Å². The summed E-state index contributed by atoms with van der Waals surface area (Å²) in [5.41, 5.74) is 0. The highest BCUT2D eigenvalue weighted by Gasteiger charge is 2.25. The summed E-state index contributed by atoms with van der Waals surface area (Å²) in [6, 6.07) is 0. The van der Waals surface area contributed by atoms with E-state index in [0.717, 1.165) is 0 Å². The zero-order chi connectivity index (χ0) is 9.19. The number of carbonyl (C=O) groups is 1. The molecule has 0 aromatic rings. The Morgan fingerprint density at radius 1 is 1.58 bits per heavy atom. The summed E-state index contributed by atoms with van der Waals surface area (Å²) in [5, 5.41) is 2.56. The first-order valence-corrected chi connectivity index (χ1v) is 5.41. The highest BCUT2D eigenvalue weighted by Crippen LogP contribution is 2.02. The molecular weight excluding hydrogens is 180 g/mol. The molecular formula is C6H12N2O3S. The van der Waals surface area contributed by atoms with Crippen LogP contribution in [0, 0.1) is 0 Å². The second-order valence-corrected chi connectivity index (χ2v) is 4.84. The number of nitrogens with zero attached hydrogens (tertiary/aromatic N) is 1. The summed E-state index contributed by atoms with van der Waals surface area (Å²) in [6.45, 7) is 2.35. The van der Waals surface area contributed by atoms with Gasteiger partial charge in [-0.15, -0.1) is 0 Å². The standard InChI is InChI=1S/C6H12N2O3S/c1-2-12(10,11)8-4-3-7-6(9)5-8/h2-5H2,1H3,(H,7,9). The number of carbonyl (C=O) groups excluding carboxylic acids is 1. The van der Waals surface area contributed by atoms with Gasteiger partial charge in [-0.05, 0) is 6.92 Å². The molecule has 1 aliphatic rings. The number of hydrogen-bond donors (Lipinski definition) is 1. The van der Waals surface area contributed by atoms with Crippen molar-refractivity contribution in [3.63, 3.8) is 0 Å². The maximum Gasteiger partial charge on any atom is 0.235 e. The van der Waals surface area contributed by atoms with Crippen LogP contribution in [-0.2, 0) is 14.8 Å². The molecule has 1 N–H and O–H groups in total. The summed E-state index contributed by atoms with van der Waals surface area (Å²) in [7, 11) is -3.18. The highest BCUT2D eigenvalue weighted by molar-refractivity contribution is 7.89. The predicted molar refractivity (Wildman–Crippen MR) is 44.0 cm³/mol. The van der Waals surface area contributed by atoms with Crippen molar-refractivity contribution in [1.29, 1.82) is 0 Å². The number of rotatable bonds is 2. The van der Waals surface area contributed by atoms with Crippen molar-refractivity contribution in [3.8, 4) is 0 Å². The van der Waals surface area contributed by atoms with E-state index in [9.17, 15) is 13.2 Å². The van der Waals surface area contributed by atoms with Crippen LogP contribution in [0.1, 0.15) is 6.92 Å². The fourth-order valence-electron chi connectivity index (χ4n) is 1.04. The minimum Gasteiger partial charge on any atom is -0.354 e. The molecule has 0 aromatic carbocycles. The second kappa shape index (κ2) is 3.40.